The van der Waals surface area contributed by atoms with Crippen LogP contribution in [0.2, 0.25) is 0 Å². The maximum Gasteiger partial charge on any atom is 0.170 e. The van der Waals surface area contributed by atoms with E-state index >= 15 is 0 Å². The first kappa shape index (κ1) is 11.3. The highest BCUT2D eigenvalue weighted by molar-refractivity contribution is 5.42. The second kappa shape index (κ2) is 4.64. The number of phenols is 1. The van der Waals surface area contributed by atoms with Crippen molar-refractivity contribution in [3.05, 3.63) is 23.8 Å². The smallest absolute Gasteiger partial charge is 0.170 e. The molecule has 0 bridgehead atoms. The highest BCUT2D eigenvalue weighted by Gasteiger charge is 2.21. The van der Waals surface area contributed by atoms with E-state index in [1.807, 2.05) is 0 Å². The molecule has 2 atom stereocenters. The van der Waals surface area contributed by atoms with E-state index < -0.39 is 12.2 Å². The molecule has 5 nitrogen and oxygen atoms in total. The Bertz CT molecular complexity index is 385. The van der Waals surface area contributed by atoms with Gasteiger partial charge in [-0.1, -0.05) is 0 Å². The third-order valence-corrected chi connectivity index (χ3v) is 1.97. The minimum atomic E-state index is -1.52. The predicted octanol–water partition coefficient (Wildman–Crippen LogP) is 0.319. The van der Waals surface area contributed by atoms with Crippen LogP contribution in [0.3, 0.4) is 0 Å². The molecule has 0 aliphatic rings. The van der Waals surface area contributed by atoms with Crippen LogP contribution in [0.5, 0.6) is 11.5 Å². The minimum Gasteiger partial charge on any atom is -0.508 e. The minimum absolute atomic E-state index is 0.0192. The van der Waals surface area contributed by atoms with Crippen molar-refractivity contribution in [3.8, 4) is 17.6 Å². The third kappa shape index (κ3) is 2.37. The molecule has 2 unspecified atom stereocenters. The number of nitriles is 1. The molecule has 1 aromatic carbocycles. The van der Waals surface area contributed by atoms with E-state index in [2.05, 4.69) is 0 Å². The first-order valence-electron chi connectivity index (χ1n) is 4.22. The van der Waals surface area contributed by atoms with Gasteiger partial charge >= 0.3 is 0 Å². The van der Waals surface area contributed by atoms with Crippen molar-refractivity contribution in [2.24, 2.45) is 0 Å². The van der Waals surface area contributed by atoms with E-state index in [4.69, 9.17) is 20.2 Å². The molecule has 0 saturated carbocycles. The molecule has 1 aromatic rings. The van der Waals surface area contributed by atoms with Gasteiger partial charge in [0.05, 0.1) is 13.2 Å². The summed E-state index contributed by atoms with van der Waals surface area (Å²) in [5.41, 5.74) is 0.254. The lowest BCUT2D eigenvalue weighted by Gasteiger charge is -2.15. The summed E-state index contributed by atoms with van der Waals surface area (Å²) in [5, 5.41) is 36.3. The molecule has 1 rings (SSSR count). The number of hydrogen-bond donors (Lipinski definition) is 3. The molecule has 0 spiro atoms. The Kier molecular flexibility index (Phi) is 3.50. The Hall–Kier alpha value is -1.77. The summed E-state index contributed by atoms with van der Waals surface area (Å²) in [6.07, 6.45) is -2.88. The van der Waals surface area contributed by atoms with Gasteiger partial charge in [0.25, 0.3) is 0 Å². The lowest BCUT2D eigenvalue weighted by molar-refractivity contribution is 0.0510. The number of methoxy groups -OCH3 is 1. The van der Waals surface area contributed by atoms with E-state index in [0.717, 1.165) is 0 Å². The molecule has 0 radical (unpaired) electrons. The van der Waals surface area contributed by atoms with Crippen LogP contribution in [0.15, 0.2) is 18.2 Å². The zero-order valence-corrected chi connectivity index (χ0v) is 8.08. The molecule has 80 valence electrons. The molecule has 5 heteroatoms. The Morgan fingerprint density at radius 2 is 2.07 bits per heavy atom. The SMILES string of the molecule is COc1cc(O)ccc1C(O)C(O)C#N. The van der Waals surface area contributed by atoms with E-state index in [-0.39, 0.29) is 17.1 Å². The number of hydrogen-bond acceptors (Lipinski definition) is 5. The number of ether oxygens (including phenoxy) is 1. The van der Waals surface area contributed by atoms with Gasteiger partial charge in [-0.3, -0.25) is 0 Å². The molecular weight excluding hydrogens is 198 g/mol. The quantitative estimate of drug-likeness (QED) is 0.623. The second-order valence-electron chi connectivity index (χ2n) is 2.95. The lowest BCUT2D eigenvalue weighted by Crippen LogP contribution is -2.16. The zero-order valence-electron chi connectivity index (χ0n) is 8.08. The van der Waals surface area contributed by atoms with Crippen molar-refractivity contribution in [2.75, 3.05) is 7.11 Å². The number of aliphatic hydroxyl groups is 2. The van der Waals surface area contributed by atoms with Crippen molar-refractivity contribution >= 4 is 0 Å². The van der Waals surface area contributed by atoms with Crippen molar-refractivity contribution in [1.82, 2.24) is 0 Å². The van der Waals surface area contributed by atoms with Gasteiger partial charge < -0.3 is 20.1 Å². The molecule has 0 saturated heterocycles. The van der Waals surface area contributed by atoms with E-state index in [1.165, 1.54) is 31.4 Å². The van der Waals surface area contributed by atoms with E-state index in [9.17, 15) is 5.11 Å². The first-order valence-corrected chi connectivity index (χ1v) is 4.22. The number of phenolic OH excluding ortho intramolecular Hbond substituents is 1. The van der Waals surface area contributed by atoms with Crippen LogP contribution in [0.1, 0.15) is 11.7 Å². The van der Waals surface area contributed by atoms with Gasteiger partial charge in [-0.2, -0.15) is 5.26 Å². The monoisotopic (exact) mass is 209 g/mol. The van der Waals surface area contributed by atoms with Crippen molar-refractivity contribution < 1.29 is 20.1 Å². The molecule has 0 aliphatic carbocycles. The Balaban J connectivity index is 3.09. The van der Waals surface area contributed by atoms with Gasteiger partial charge in [0.2, 0.25) is 0 Å². The number of aliphatic hydroxyl groups excluding tert-OH is 2. The average molecular weight is 209 g/mol. The number of rotatable bonds is 3. The Morgan fingerprint density at radius 3 is 2.60 bits per heavy atom. The normalized spacial score (nSPS) is 14.0. The van der Waals surface area contributed by atoms with Gasteiger partial charge in [-0.05, 0) is 12.1 Å². The largest absolute Gasteiger partial charge is 0.508 e. The molecular formula is C10H11NO4. The summed E-state index contributed by atoms with van der Waals surface area (Å²) in [6.45, 7) is 0. The maximum atomic E-state index is 9.56. The van der Waals surface area contributed by atoms with Crippen LogP contribution < -0.4 is 4.74 Å². The summed E-state index contributed by atoms with van der Waals surface area (Å²) in [5.74, 6) is 0.200. The topological polar surface area (TPSA) is 93.7 Å². The molecule has 0 aliphatic heterocycles. The summed E-state index contributed by atoms with van der Waals surface area (Å²) in [7, 11) is 1.36. The summed E-state index contributed by atoms with van der Waals surface area (Å²) < 4.78 is 4.90. The highest BCUT2D eigenvalue weighted by atomic mass is 16.5. The Morgan fingerprint density at radius 1 is 1.40 bits per heavy atom. The summed E-state index contributed by atoms with van der Waals surface area (Å²) in [6, 6.07) is 5.54. The van der Waals surface area contributed by atoms with Crippen LogP contribution in [-0.2, 0) is 0 Å². The molecule has 0 aromatic heterocycles. The van der Waals surface area contributed by atoms with Crippen LogP contribution in [0.25, 0.3) is 0 Å². The number of benzene rings is 1. The van der Waals surface area contributed by atoms with Crippen molar-refractivity contribution in [1.29, 1.82) is 5.26 Å². The zero-order chi connectivity index (χ0) is 11.4. The van der Waals surface area contributed by atoms with Crippen LogP contribution in [-0.4, -0.2) is 28.5 Å². The lowest BCUT2D eigenvalue weighted by atomic mass is 10.0. The first-order chi connectivity index (χ1) is 7.10. The molecule has 0 fully saturated rings. The molecule has 3 N–H and O–H groups in total. The summed E-state index contributed by atoms with van der Waals surface area (Å²) in [4.78, 5) is 0. The fraction of sp³-hybridized carbons (Fsp3) is 0.300. The predicted molar refractivity (Wildman–Crippen MR) is 51.2 cm³/mol. The standard InChI is InChI=1S/C10H11NO4/c1-15-9-4-6(12)2-3-7(9)10(14)8(13)5-11/h2-4,8,10,12-14H,1H3. The summed E-state index contributed by atoms with van der Waals surface area (Å²) >= 11 is 0. The highest BCUT2D eigenvalue weighted by Crippen LogP contribution is 2.30. The maximum absolute atomic E-state index is 9.56. The number of aromatic hydroxyl groups is 1. The molecule has 0 heterocycles. The third-order valence-electron chi connectivity index (χ3n) is 1.97. The molecule has 15 heavy (non-hydrogen) atoms. The van der Waals surface area contributed by atoms with E-state index in [0.29, 0.717) is 0 Å². The van der Waals surface area contributed by atoms with Gasteiger partial charge in [0.1, 0.15) is 17.6 Å². The molecule has 0 amide bonds. The van der Waals surface area contributed by atoms with Crippen LogP contribution in [0.4, 0.5) is 0 Å². The second-order valence-corrected chi connectivity index (χ2v) is 2.95. The van der Waals surface area contributed by atoms with Crippen molar-refractivity contribution in [3.63, 3.8) is 0 Å². The average Bonchev–Trinajstić information content (AvgIpc) is 2.26. The number of nitrogens with zero attached hydrogens (tertiary/aromatic N) is 1. The fourth-order valence-electron chi connectivity index (χ4n) is 1.18. The van der Waals surface area contributed by atoms with Gasteiger partial charge in [0, 0.05) is 11.6 Å². The van der Waals surface area contributed by atoms with Crippen molar-refractivity contribution in [2.45, 2.75) is 12.2 Å². The van der Waals surface area contributed by atoms with Crippen LogP contribution in [0, 0.1) is 11.3 Å². The Labute approximate surface area is 86.8 Å². The van der Waals surface area contributed by atoms with Crippen LogP contribution >= 0.6 is 0 Å². The van der Waals surface area contributed by atoms with E-state index in [1.54, 1.807) is 0 Å². The van der Waals surface area contributed by atoms with Gasteiger partial charge in [-0.25, -0.2) is 0 Å². The van der Waals surface area contributed by atoms with Gasteiger partial charge in [0.15, 0.2) is 6.10 Å². The fourth-order valence-corrected chi connectivity index (χ4v) is 1.18. The van der Waals surface area contributed by atoms with Gasteiger partial charge in [-0.15, -0.1) is 0 Å².